The first-order chi connectivity index (χ1) is 13.0. The zero-order chi connectivity index (χ0) is 19.2. The average molecular weight is 387 g/mol. The van der Waals surface area contributed by atoms with Gasteiger partial charge in [-0.3, -0.25) is 9.48 Å². The number of hydrogen-bond donors (Lipinski definition) is 2. The van der Waals surface area contributed by atoms with Gasteiger partial charge in [0.05, 0.1) is 17.1 Å². The average Bonchev–Trinajstić information content (AvgIpc) is 3.23. The summed E-state index contributed by atoms with van der Waals surface area (Å²) in [5.74, 6) is 0.313. The summed E-state index contributed by atoms with van der Waals surface area (Å²) in [6.07, 6.45) is 0.809. The van der Waals surface area contributed by atoms with Crippen LogP contribution >= 0.6 is 11.8 Å². The van der Waals surface area contributed by atoms with Gasteiger partial charge in [0.1, 0.15) is 5.75 Å². The van der Waals surface area contributed by atoms with Crippen LogP contribution in [-0.2, 0) is 11.3 Å². The lowest BCUT2D eigenvalue weighted by Crippen LogP contribution is -2.27. The van der Waals surface area contributed by atoms with E-state index >= 15 is 0 Å². The molecule has 27 heavy (non-hydrogen) atoms. The van der Waals surface area contributed by atoms with Gasteiger partial charge < -0.3 is 10.4 Å². The topological polar surface area (TPSA) is 111 Å². The number of phenolic OH excluding ortho intramolecular Hbond substituents is 1. The Labute approximate surface area is 160 Å². The molecule has 0 saturated heterocycles. The van der Waals surface area contributed by atoms with Gasteiger partial charge in [-0.15, -0.1) is 5.10 Å². The van der Waals surface area contributed by atoms with E-state index in [1.165, 1.54) is 16.4 Å². The summed E-state index contributed by atoms with van der Waals surface area (Å²) in [7, 11) is 0. The molecule has 2 heterocycles. The number of thioether (sulfide) groups is 1. The molecule has 2 aromatic heterocycles. The Bertz CT molecular complexity index is 904. The number of aryl methyl sites for hydroxylation is 3. The van der Waals surface area contributed by atoms with Gasteiger partial charge in [-0.25, -0.2) is 0 Å². The summed E-state index contributed by atoms with van der Waals surface area (Å²) in [5, 5.41) is 28.7. The van der Waals surface area contributed by atoms with Crippen LogP contribution in [0.1, 0.15) is 17.8 Å². The third kappa shape index (κ3) is 5.07. The molecule has 0 bridgehead atoms. The van der Waals surface area contributed by atoms with Crippen LogP contribution in [0.2, 0.25) is 0 Å². The molecule has 0 aliphatic rings. The van der Waals surface area contributed by atoms with Crippen LogP contribution in [0.3, 0.4) is 0 Å². The number of carbonyl (C=O) groups is 1. The van der Waals surface area contributed by atoms with E-state index in [4.69, 9.17) is 0 Å². The molecule has 10 heteroatoms. The number of tetrazole rings is 1. The van der Waals surface area contributed by atoms with Gasteiger partial charge in [-0.2, -0.15) is 9.78 Å². The Hall–Kier alpha value is -2.88. The molecule has 0 aliphatic heterocycles. The number of rotatable bonds is 8. The highest BCUT2D eigenvalue weighted by molar-refractivity contribution is 7.99. The van der Waals surface area contributed by atoms with Crippen LogP contribution < -0.4 is 5.32 Å². The van der Waals surface area contributed by atoms with Crippen molar-refractivity contribution in [3.8, 4) is 11.4 Å². The summed E-state index contributed by atoms with van der Waals surface area (Å²) in [6, 6.07) is 8.55. The lowest BCUT2D eigenvalue weighted by Gasteiger charge is -2.07. The highest BCUT2D eigenvalue weighted by atomic mass is 32.2. The summed E-state index contributed by atoms with van der Waals surface area (Å²) in [5.41, 5.74) is 2.83. The Kier molecular flexibility index (Phi) is 6.07. The van der Waals surface area contributed by atoms with E-state index in [9.17, 15) is 9.90 Å². The molecular weight excluding hydrogens is 366 g/mol. The molecule has 0 fully saturated rings. The number of nitrogens with one attached hydrogen (secondary N) is 1. The van der Waals surface area contributed by atoms with Crippen molar-refractivity contribution in [3.63, 3.8) is 0 Å². The van der Waals surface area contributed by atoms with Crippen LogP contribution in [0.5, 0.6) is 5.75 Å². The number of aromatic hydroxyl groups is 1. The van der Waals surface area contributed by atoms with E-state index in [0.717, 1.165) is 24.4 Å². The van der Waals surface area contributed by atoms with Crippen molar-refractivity contribution in [1.82, 2.24) is 35.3 Å². The van der Waals surface area contributed by atoms with E-state index in [1.54, 1.807) is 24.3 Å². The predicted octanol–water partition coefficient (Wildman–Crippen LogP) is 1.48. The first kappa shape index (κ1) is 18.9. The maximum absolute atomic E-state index is 12.0. The normalized spacial score (nSPS) is 10.9. The predicted molar refractivity (Wildman–Crippen MR) is 101 cm³/mol. The number of carbonyl (C=O) groups excluding carboxylic acids is 1. The molecule has 2 N–H and O–H groups in total. The monoisotopic (exact) mass is 387 g/mol. The fourth-order valence-electron chi connectivity index (χ4n) is 2.56. The zero-order valence-corrected chi connectivity index (χ0v) is 16.0. The fraction of sp³-hybridized carbons (Fsp3) is 0.353. The molecular formula is C17H21N7O2S. The van der Waals surface area contributed by atoms with Gasteiger partial charge in [-0.1, -0.05) is 11.8 Å². The molecule has 0 unspecified atom stereocenters. The smallest absolute Gasteiger partial charge is 0.230 e. The summed E-state index contributed by atoms with van der Waals surface area (Å²) >= 11 is 1.26. The van der Waals surface area contributed by atoms with Crippen LogP contribution in [0.15, 0.2) is 35.5 Å². The molecule has 1 amide bonds. The minimum absolute atomic E-state index is 0.0753. The van der Waals surface area contributed by atoms with Gasteiger partial charge in [0.15, 0.2) is 0 Å². The van der Waals surface area contributed by atoms with Gasteiger partial charge in [0.2, 0.25) is 11.1 Å². The minimum atomic E-state index is -0.0753. The van der Waals surface area contributed by atoms with Gasteiger partial charge in [-0.05, 0) is 61.0 Å². The van der Waals surface area contributed by atoms with Crippen molar-refractivity contribution < 1.29 is 9.90 Å². The Morgan fingerprint density at radius 3 is 2.74 bits per heavy atom. The number of nitrogens with zero attached hydrogens (tertiary/aromatic N) is 6. The van der Waals surface area contributed by atoms with Crippen LogP contribution in [-0.4, -0.2) is 53.3 Å². The quantitative estimate of drug-likeness (QED) is 0.445. The number of hydrogen-bond acceptors (Lipinski definition) is 7. The molecule has 0 radical (unpaired) electrons. The molecule has 3 aromatic rings. The van der Waals surface area contributed by atoms with E-state index in [0.29, 0.717) is 17.4 Å². The van der Waals surface area contributed by atoms with Crippen molar-refractivity contribution in [2.45, 2.75) is 32.0 Å². The molecule has 9 nitrogen and oxygen atoms in total. The Morgan fingerprint density at radius 1 is 1.26 bits per heavy atom. The highest BCUT2D eigenvalue weighted by Crippen LogP contribution is 2.19. The number of aromatic nitrogens is 6. The Morgan fingerprint density at radius 2 is 2.04 bits per heavy atom. The molecule has 0 spiro atoms. The molecule has 0 saturated carbocycles. The van der Waals surface area contributed by atoms with Crippen molar-refractivity contribution in [2.75, 3.05) is 12.3 Å². The van der Waals surface area contributed by atoms with Crippen LogP contribution in [0, 0.1) is 13.8 Å². The first-order valence-corrected chi connectivity index (χ1v) is 9.50. The minimum Gasteiger partial charge on any atom is -0.508 e. The van der Waals surface area contributed by atoms with Gasteiger partial charge in [0.25, 0.3) is 0 Å². The molecule has 1 aromatic carbocycles. The maximum atomic E-state index is 12.0. The summed E-state index contributed by atoms with van der Waals surface area (Å²) in [6.45, 7) is 5.34. The third-order valence-corrected chi connectivity index (χ3v) is 4.76. The van der Waals surface area contributed by atoms with Crippen molar-refractivity contribution in [3.05, 3.63) is 41.7 Å². The second-order valence-corrected chi connectivity index (χ2v) is 6.97. The number of amides is 1. The number of phenols is 1. The summed E-state index contributed by atoms with van der Waals surface area (Å²) in [4.78, 5) is 12.0. The molecule has 0 atom stereocenters. The fourth-order valence-corrected chi connectivity index (χ4v) is 3.28. The molecule has 0 aliphatic carbocycles. The van der Waals surface area contributed by atoms with Gasteiger partial charge in [0, 0.05) is 18.8 Å². The maximum Gasteiger partial charge on any atom is 0.230 e. The Balaban J connectivity index is 1.44. The molecule has 142 valence electrons. The van der Waals surface area contributed by atoms with E-state index < -0.39 is 0 Å². The van der Waals surface area contributed by atoms with Gasteiger partial charge >= 0.3 is 0 Å². The van der Waals surface area contributed by atoms with E-state index in [1.807, 2.05) is 24.6 Å². The van der Waals surface area contributed by atoms with Crippen molar-refractivity contribution in [1.29, 1.82) is 0 Å². The lowest BCUT2D eigenvalue weighted by atomic mass is 10.3. The third-order valence-electron chi connectivity index (χ3n) is 3.84. The van der Waals surface area contributed by atoms with Crippen molar-refractivity contribution in [2.24, 2.45) is 0 Å². The van der Waals surface area contributed by atoms with Crippen molar-refractivity contribution >= 4 is 17.7 Å². The summed E-state index contributed by atoms with van der Waals surface area (Å²) < 4.78 is 3.47. The molecule has 3 rings (SSSR count). The second-order valence-electron chi connectivity index (χ2n) is 6.03. The first-order valence-electron chi connectivity index (χ1n) is 8.51. The highest BCUT2D eigenvalue weighted by Gasteiger charge is 2.11. The largest absolute Gasteiger partial charge is 0.508 e. The van der Waals surface area contributed by atoms with Crippen LogP contribution in [0.4, 0.5) is 0 Å². The zero-order valence-electron chi connectivity index (χ0n) is 15.2. The second kappa shape index (κ2) is 8.67. The SMILES string of the molecule is Cc1cc(C)n(CCCNC(=O)CSc2nnnn2-c2ccc(O)cc2)n1. The van der Waals surface area contributed by atoms with E-state index in [-0.39, 0.29) is 17.4 Å². The van der Waals surface area contributed by atoms with Crippen LogP contribution in [0.25, 0.3) is 5.69 Å². The lowest BCUT2D eigenvalue weighted by molar-refractivity contribution is -0.118. The number of benzene rings is 1. The van der Waals surface area contributed by atoms with E-state index in [2.05, 4.69) is 25.9 Å². The standard InChI is InChI=1S/C17H21N7O2S/c1-12-10-13(2)23(20-12)9-3-8-18-16(26)11-27-17-19-21-22-24(17)14-4-6-15(25)7-5-14/h4-7,10,25H,3,8-9,11H2,1-2H3,(H,18,26).